The Balaban J connectivity index is 2.48. The molecule has 0 saturated heterocycles. The third kappa shape index (κ3) is 2.94. The van der Waals surface area contributed by atoms with Crippen LogP contribution in [0.4, 0.5) is 0 Å². The Labute approximate surface area is 125 Å². The normalized spacial score (nSPS) is 12.3. The number of aryl methyl sites for hydroxylation is 1. The first-order valence-electron chi connectivity index (χ1n) is 5.80. The first-order chi connectivity index (χ1) is 9.06. The van der Waals surface area contributed by atoms with Gasteiger partial charge in [0, 0.05) is 15.3 Å². The van der Waals surface area contributed by atoms with Crippen molar-refractivity contribution in [3.05, 3.63) is 44.1 Å². The molecule has 102 valence electrons. The third-order valence-electron chi connectivity index (χ3n) is 2.91. The second-order valence-corrected chi connectivity index (χ2v) is 6.33. The predicted octanol–water partition coefficient (Wildman–Crippen LogP) is 3.88. The summed E-state index contributed by atoms with van der Waals surface area (Å²) < 4.78 is 11.6. The Hall–Kier alpha value is -1.04. The van der Waals surface area contributed by atoms with Crippen molar-refractivity contribution in [2.24, 2.45) is 5.73 Å². The Kier molecular flexibility index (Phi) is 4.50. The van der Waals surface area contributed by atoms with Crippen LogP contribution in [0, 0.1) is 6.92 Å². The minimum absolute atomic E-state index is 0.212. The topological polar surface area (TPSA) is 44.5 Å². The van der Waals surface area contributed by atoms with Crippen LogP contribution in [0.2, 0.25) is 0 Å². The third-order valence-corrected chi connectivity index (χ3v) is 4.61. The van der Waals surface area contributed by atoms with Crippen molar-refractivity contribution in [1.82, 2.24) is 0 Å². The zero-order valence-electron chi connectivity index (χ0n) is 11.1. The number of halogens is 1. The number of rotatable bonds is 4. The molecule has 1 heterocycles. The van der Waals surface area contributed by atoms with E-state index in [0.29, 0.717) is 0 Å². The van der Waals surface area contributed by atoms with Gasteiger partial charge in [-0.25, -0.2) is 0 Å². The Morgan fingerprint density at radius 2 is 1.84 bits per heavy atom. The summed E-state index contributed by atoms with van der Waals surface area (Å²) in [6.45, 7) is 2.07. The largest absolute Gasteiger partial charge is 0.496 e. The van der Waals surface area contributed by atoms with E-state index in [1.54, 1.807) is 25.6 Å². The first-order valence-corrected chi connectivity index (χ1v) is 7.41. The second-order valence-electron chi connectivity index (χ2n) is 4.15. The zero-order valence-corrected chi connectivity index (χ0v) is 13.5. The Bertz CT molecular complexity index is 583. The summed E-state index contributed by atoms with van der Waals surface area (Å²) in [7, 11) is 3.28. The maximum absolute atomic E-state index is 6.34. The number of thiophene rings is 1. The summed E-state index contributed by atoms with van der Waals surface area (Å²) in [6, 6.07) is 7.72. The molecule has 0 saturated carbocycles. The molecule has 0 aliphatic heterocycles. The molecule has 0 bridgehead atoms. The van der Waals surface area contributed by atoms with E-state index in [2.05, 4.69) is 35.0 Å². The molecular weight excluding hydrogens is 326 g/mol. The van der Waals surface area contributed by atoms with Crippen molar-refractivity contribution >= 4 is 27.3 Å². The van der Waals surface area contributed by atoms with Gasteiger partial charge in [0.1, 0.15) is 11.5 Å². The number of ether oxygens (including phenoxy) is 2. The molecule has 2 rings (SSSR count). The van der Waals surface area contributed by atoms with Gasteiger partial charge in [0.2, 0.25) is 0 Å². The molecule has 3 nitrogen and oxygen atoms in total. The standard InChI is InChI=1S/C14H16BrNO2S/c1-8-4-5-13(19-8)14(16)9-6-12(18-3)10(15)7-11(9)17-2/h4-7,14H,16H2,1-3H3. The van der Waals surface area contributed by atoms with Gasteiger partial charge in [-0.15, -0.1) is 11.3 Å². The van der Waals surface area contributed by atoms with Crippen LogP contribution >= 0.6 is 27.3 Å². The van der Waals surface area contributed by atoms with E-state index in [1.807, 2.05) is 12.1 Å². The van der Waals surface area contributed by atoms with Crippen molar-refractivity contribution in [3.8, 4) is 11.5 Å². The van der Waals surface area contributed by atoms with E-state index < -0.39 is 0 Å². The van der Waals surface area contributed by atoms with E-state index in [9.17, 15) is 0 Å². The maximum Gasteiger partial charge on any atom is 0.133 e. The minimum atomic E-state index is -0.212. The van der Waals surface area contributed by atoms with Gasteiger partial charge in [0.05, 0.1) is 24.7 Å². The highest BCUT2D eigenvalue weighted by Crippen LogP contribution is 2.38. The highest BCUT2D eigenvalue weighted by molar-refractivity contribution is 9.10. The van der Waals surface area contributed by atoms with Gasteiger partial charge in [0.25, 0.3) is 0 Å². The molecule has 2 aromatic rings. The van der Waals surface area contributed by atoms with Crippen molar-refractivity contribution in [2.45, 2.75) is 13.0 Å². The first kappa shape index (κ1) is 14.4. The lowest BCUT2D eigenvalue weighted by Gasteiger charge is -2.16. The fraction of sp³-hybridized carbons (Fsp3) is 0.286. The average molecular weight is 342 g/mol. The molecule has 0 fully saturated rings. The van der Waals surface area contributed by atoms with E-state index in [-0.39, 0.29) is 6.04 Å². The smallest absolute Gasteiger partial charge is 0.133 e. The minimum Gasteiger partial charge on any atom is -0.496 e. The van der Waals surface area contributed by atoms with Gasteiger partial charge < -0.3 is 15.2 Å². The molecule has 0 aliphatic carbocycles. The lowest BCUT2D eigenvalue weighted by Crippen LogP contribution is -2.12. The maximum atomic E-state index is 6.34. The lowest BCUT2D eigenvalue weighted by molar-refractivity contribution is 0.395. The SMILES string of the molecule is COc1cc(C(N)c2ccc(C)s2)c(OC)cc1Br. The molecule has 19 heavy (non-hydrogen) atoms. The molecule has 0 spiro atoms. The molecule has 5 heteroatoms. The summed E-state index contributed by atoms with van der Waals surface area (Å²) in [4.78, 5) is 2.36. The molecule has 1 unspecified atom stereocenters. The van der Waals surface area contributed by atoms with E-state index >= 15 is 0 Å². The van der Waals surface area contributed by atoms with Gasteiger partial charge in [-0.1, -0.05) is 0 Å². The fourth-order valence-corrected chi connectivity index (χ4v) is 3.28. The van der Waals surface area contributed by atoms with Crippen LogP contribution in [-0.4, -0.2) is 14.2 Å². The average Bonchev–Trinajstić information content (AvgIpc) is 2.84. The molecule has 1 aromatic carbocycles. The number of benzene rings is 1. The Morgan fingerprint density at radius 1 is 1.16 bits per heavy atom. The van der Waals surface area contributed by atoms with Crippen molar-refractivity contribution < 1.29 is 9.47 Å². The molecule has 0 radical (unpaired) electrons. The predicted molar refractivity (Wildman–Crippen MR) is 82.3 cm³/mol. The van der Waals surface area contributed by atoms with Crippen molar-refractivity contribution in [1.29, 1.82) is 0 Å². The van der Waals surface area contributed by atoms with Gasteiger partial charge >= 0.3 is 0 Å². The van der Waals surface area contributed by atoms with Crippen LogP contribution in [0.3, 0.4) is 0 Å². The van der Waals surface area contributed by atoms with Crippen LogP contribution in [0.25, 0.3) is 0 Å². The monoisotopic (exact) mass is 341 g/mol. The van der Waals surface area contributed by atoms with E-state index in [0.717, 1.165) is 26.4 Å². The zero-order chi connectivity index (χ0) is 14.0. The van der Waals surface area contributed by atoms with Crippen molar-refractivity contribution in [3.63, 3.8) is 0 Å². The van der Waals surface area contributed by atoms with Gasteiger partial charge in [-0.05, 0) is 47.1 Å². The summed E-state index contributed by atoms with van der Waals surface area (Å²) in [5.74, 6) is 1.51. The molecular formula is C14H16BrNO2S. The molecule has 2 N–H and O–H groups in total. The number of nitrogens with two attached hydrogens (primary N) is 1. The number of methoxy groups -OCH3 is 2. The Morgan fingerprint density at radius 3 is 2.37 bits per heavy atom. The second kappa shape index (κ2) is 5.94. The molecule has 1 aromatic heterocycles. The van der Waals surface area contributed by atoms with Crippen LogP contribution in [0.5, 0.6) is 11.5 Å². The van der Waals surface area contributed by atoms with Gasteiger partial charge in [-0.2, -0.15) is 0 Å². The van der Waals surface area contributed by atoms with Crippen LogP contribution in [0.15, 0.2) is 28.7 Å². The highest BCUT2D eigenvalue weighted by atomic mass is 79.9. The summed E-state index contributed by atoms with van der Waals surface area (Å²) in [5.41, 5.74) is 7.26. The summed E-state index contributed by atoms with van der Waals surface area (Å²) >= 11 is 5.14. The lowest BCUT2D eigenvalue weighted by atomic mass is 10.0. The summed E-state index contributed by atoms with van der Waals surface area (Å²) in [6.07, 6.45) is 0. The molecule has 1 atom stereocenters. The molecule has 0 amide bonds. The van der Waals surface area contributed by atoms with E-state index in [4.69, 9.17) is 15.2 Å². The summed E-state index contributed by atoms with van der Waals surface area (Å²) in [5, 5.41) is 0. The number of hydrogen-bond donors (Lipinski definition) is 1. The van der Waals surface area contributed by atoms with E-state index in [1.165, 1.54) is 4.88 Å². The molecule has 0 aliphatic rings. The van der Waals surface area contributed by atoms with Crippen LogP contribution < -0.4 is 15.2 Å². The number of hydrogen-bond acceptors (Lipinski definition) is 4. The highest BCUT2D eigenvalue weighted by Gasteiger charge is 2.18. The van der Waals surface area contributed by atoms with Gasteiger partial charge in [-0.3, -0.25) is 0 Å². The van der Waals surface area contributed by atoms with Crippen LogP contribution in [-0.2, 0) is 0 Å². The van der Waals surface area contributed by atoms with Crippen LogP contribution in [0.1, 0.15) is 21.4 Å². The fourth-order valence-electron chi connectivity index (χ4n) is 1.90. The quantitative estimate of drug-likeness (QED) is 0.917. The van der Waals surface area contributed by atoms with Crippen molar-refractivity contribution in [2.75, 3.05) is 14.2 Å². The van der Waals surface area contributed by atoms with Gasteiger partial charge in [0.15, 0.2) is 0 Å².